The molecule has 1 amide bonds. The average molecular weight is 361 g/mol. The van der Waals surface area contributed by atoms with Crippen LogP contribution in [0.25, 0.3) is 0 Å². The number of nitrogens with two attached hydrogens (primary N) is 1. The highest BCUT2D eigenvalue weighted by atomic mass is 32.2. The van der Waals surface area contributed by atoms with Gasteiger partial charge in [0.15, 0.2) is 5.17 Å². The molecule has 0 bridgehead atoms. The lowest BCUT2D eigenvalue weighted by Gasteiger charge is -2.36. The summed E-state index contributed by atoms with van der Waals surface area (Å²) >= 11 is 0.983. The van der Waals surface area contributed by atoms with Crippen LogP contribution < -0.4 is 11.1 Å². The van der Waals surface area contributed by atoms with Crippen LogP contribution in [0.15, 0.2) is 23.2 Å². The summed E-state index contributed by atoms with van der Waals surface area (Å²) in [5.74, 6) is -1.35. The van der Waals surface area contributed by atoms with Crippen molar-refractivity contribution in [3.8, 4) is 0 Å². The second-order valence-electron chi connectivity index (χ2n) is 5.54. The predicted octanol–water partition coefficient (Wildman–Crippen LogP) is 2.25. The zero-order valence-electron chi connectivity index (χ0n) is 12.2. The molecule has 0 aliphatic carbocycles. The van der Waals surface area contributed by atoms with E-state index in [0.29, 0.717) is 0 Å². The molecule has 1 fully saturated rings. The minimum atomic E-state index is -2.76. The van der Waals surface area contributed by atoms with Gasteiger partial charge in [0.25, 0.3) is 6.43 Å². The number of hydrogen-bond donors (Lipinski definition) is 3. The van der Waals surface area contributed by atoms with Gasteiger partial charge in [0, 0.05) is 22.9 Å². The third-order valence-electron chi connectivity index (χ3n) is 4.13. The molecule has 1 aromatic rings. The third-order valence-corrected chi connectivity index (χ3v) is 5.12. The lowest BCUT2D eigenvalue weighted by atomic mass is 9.78. The van der Waals surface area contributed by atoms with Gasteiger partial charge in [-0.05, 0) is 18.2 Å². The summed E-state index contributed by atoms with van der Waals surface area (Å²) in [5, 5.41) is 11.0. The molecule has 2 heterocycles. The average Bonchev–Trinajstić information content (AvgIpc) is 2.89. The lowest BCUT2D eigenvalue weighted by Crippen LogP contribution is -2.45. The van der Waals surface area contributed by atoms with E-state index in [1.165, 1.54) is 12.1 Å². The monoisotopic (exact) mass is 361 g/mol. The molecule has 0 aromatic heterocycles. The van der Waals surface area contributed by atoms with E-state index in [1.807, 2.05) is 0 Å². The Hall–Kier alpha value is -1.94. The largest absolute Gasteiger partial charge is 0.465 e. The Morgan fingerprint density at radius 3 is 2.96 bits per heavy atom. The fraction of sp³-hybridized carbons (Fsp3) is 0.429. The van der Waals surface area contributed by atoms with Gasteiger partial charge in [-0.3, -0.25) is 5.32 Å². The predicted molar refractivity (Wildman–Crippen MR) is 82.8 cm³/mol. The minimum Gasteiger partial charge on any atom is -0.465 e. The number of fused-ring (bicyclic) bond motifs is 1. The zero-order valence-corrected chi connectivity index (χ0v) is 13.0. The first-order valence-electron chi connectivity index (χ1n) is 7.01. The van der Waals surface area contributed by atoms with E-state index >= 15 is 0 Å². The van der Waals surface area contributed by atoms with E-state index in [1.54, 1.807) is 0 Å². The number of rotatable bonds is 2. The highest BCUT2D eigenvalue weighted by molar-refractivity contribution is 8.13. The van der Waals surface area contributed by atoms with Crippen LogP contribution in [0, 0.1) is 11.7 Å². The van der Waals surface area contributed by atoms with Crippen molar-refractivity contribution in [3.63, 3.8) is 0 Å². The summed E-state index contributed by atoms with van der Waals surface area (Å²) in [6.45, 7) is -0.279. The first kappa shape index (κ1) is 16.9. The number of ether oxygens (including phenoxy) is 1. The first-order chi connectivity index (χ1) is 11.3. The van der Waals surface area contributed by atoms with E-state index in [2.05, 4.69) is 10.3 Å². The topological polar surface area (TPSA) is 96.9 Å². The van der Waals surface area contributed by atoms with Crippen molar-refractivity contribution in [3.05, 3.63) is 29.6 Å². The number of carbonyl (C=O) groups is 1. The fourth-order valence-electron chi connectivity index (χ4n) is 3.06. The lowest BCUT2D eigenvalue weighted by molar-refractivity contribution is -0.0359. The number of amidine groups is 1. The summed E-state index contributed by atoms with van der Waals surface area (Å²) < 4.78 is 46.2. The summed E-state index contributed by atoms with van der Waals surface area (Å²) in [5.41, 5.74) is 4.54. The van der Waals surface area contributed by atoms with Gasteiger partial charge in [-0.1, -0.05) is 11.8 Å². The van der Waals surface area contributed by atoms with Gasteiger partial charge in [0.05, 0.1) is 6.61 Å². The second kappa shape index (κ2) is 6.17. The number of carboxylic acid groups (broad SMARTS) is 1. The van der Waals surface area contributed by atoms with Crippen molar-refractivity contribution in [1.82, 2.24) is 5.32 Å². The maximum absolute atomic E-state index is 14.4. The standard InChI is InChI=1S/C14H14F3N3O3S/c15-9-2-1-6(18)3-7(9)14-5-23-10(11(16)17)8(14)4-24-12(20-14)19-13(21)22/h1-3,8,10-11H,4-5,18H2,(H,19,20)(H,21,22)/t8-,10+,14-/m1/s1. The van der Waals surface area contributed by atoms with Crippen LogP contribution >= 0.6 is 11.8 Å². The van der Waals surface area contributed by atoms with Crippen LogP contribution in [0.1, 0.15) is 5.56 Å². The molecule has 2 aliphatic heterocycles. The van der Waals surface area contributed by atoms with E-state index in [9.17, 15) is 18.0 Å². The molecule has 0 unspecified atom stereocenters. The highest BCUT2D eigenvalue weighted by Gasteiger charge is 2.56. The number of aliphatic imine (C=N–C) groups is 1. The molecule has 3 rings (SSSR count). The zero-order chi connectivity index (χ0) is 17.5. The van der Waals surface area contributed by atoms with Crippen LogP contribution in [-0.4, -0.2) is 41.3 Å². The Labute approximate surface area is 139 Å². The number of hydrogen-bond acceptors (Lipinski definition) is 5. The molecule has 1 aromatic carbocycles. The molecule has 2 aliphatic rings. The van der Waals surface area contributed by atoms with Crippen LogP contribution in [0.5, 0.6) is 0 Å². The van der Waals surface area contributed by atoms with Gasteiger partial charge in [-0.15, -0.1) is 0 Å². The highest BCUT2D eigenvalue weighted by Crippen LogP contribution is 2.49. The molecule has 24 heavy (non-hydrogen) atoms. The molecule has 0 radical (unpaired) electrons. The van der Waals surface area contributed by atoms with Crippen molar-refractivity contribution >= 4 is 28.7 Å². The number of benzene rings is 1. The van der Waals surface area contributed by atoms with E-state index in [4.69, 9.17) is 15.6 Å². The molecule has 6 nitrogen and oxygen atoms in total. The number of anilines is 1. The van der Waals surface area contributed by atoms with Gasteiger partial charge in [-0.2, -0.15) is 0 Å². The Morgan fingerprint density at radius 2 is 2.29 bits per heavy atom. The Morgan fingerprint density at radius 1 is 1.54 bits per heavy atom. The summed E-state index contributed by atoms with van der Waals surface area (Å²) in [6, 6.07) is 3.81. The molecule has 10 heteroatoms. The number of nitrogens with zero attached hydrogens (tertiary/aromatic N) is 1. The van der Waals surface area contributed by atoms with Crippen molar-refractivity contribution in [2.45, 2.75) is 18.1 Å². The SMILES string of the molecule is Nc1ccc(F)c([C@]23CO[C@H](C(F)F)[C@H]2CSC(NC(=O)O)=N3)c1. The summed E-state index contributed by atoms with van der Waals surface area (Å²) in [6.07, 6.45) is -5.51. The quantitative estimate of drug-likeness (QED) is 0.702. The normalized spacial score (nSPS) is 29.2. The number of thioether (sulfide) groups is 1. The number of nitrogens with one attached hydrogen (secondary N) is 1. The molecule has 4 N–H and O–H groups in total. The molecular formula is C14H14F3N3O3S. The number of nitrogen functional groups attached to an aromatic ring is 1. The molecule has 0 saturated carbocycles. The Kier molecular flexibility index (Phi) is 4.35. The van der Waals surface area contributed by atoms with Crippen LogP contribution in [0.3, 0.4) is 0 Å². The van der Waals surface area contributed by atoms with Gasteiger partial charge in [-0.25, -0.2) is 23.0 Å². The van der Waals surface area contributed by atoms with E-state index < -0.39 is 35.9 Å². The van der Waals surface area contributed by atoms with Crippen molar-refractivity contribution < 1.29 is 27.8 Å². The van der Waals surface area contributed by atoms with Crippen LogP contribution in [0.4, 0.5) is 23.7 Å². The molecule has 0 spiro atoms. The number of halogens is 3. The number of alkyl halides is 2. The van der Waals surface area contributed by atoms with Gasteiger partial charge in [0.1, 0.15) is 17.5 Å². The smallest absolute Gasteiger partial charge is 0.410 e. The molecule has 1 saturated heterocycles. The fourth-order valence-corrected chi connectivity index (χ4v) is 4.25. The van der Waals surface area contributed by atoms with Gasteiger partial charge >= 0.3 is 6.09 Å². The molecular weight excluding hydrogens is 347 g/mol. The maximum atomic E-state index is 14.4. The van der Waals surface area contributed by atoms with E-state index in [-0.39, 0.29) is 28.8 Å². The number of amides is 1. The van der Waals surface area contributed by atoms with Gasteiger partial charge < -0.3 is 15.6 Å². The van der Waals surface area contributed by atoms with E-state index in [0.717, 1.165) is 17.8 Å². The Bertz CT molecular complexity index is 703. The third kappa shape index (κ3) is 2.80. The molecule has 130 valence electrons. The van der Waals surface area contributed by atoms with Crippen LogP contribution in [0.2, 0.25) is 0 Å². The second-order valence-corrected chi connectivity index (χ2v) is 6.55. The maximum Gasteiger partial charge on any atom is 0.410 e. The van der Waals surface area contributed by atoms with Crippen molar-refractivity contribution in [1.29, 1.82) is 0 Å². The van der Waals surface area contributed by atoms with Gasteiger partial charge in [0.2, 0.25) is 0 Å². The van der Waals surface area contributed by atoms with Crippen LogP contribution in [-0.2, 0) is 10.3 Å². The Balaban J connectivity index is 2.12. The molecule has 3 atom stereocenters. The van der Waals surface area contributed by atoms with Crippen molar-refractivity contribution in [2.75, 3.05) is 18.1 Å². The summed E-state index contributed by atoms with van der Waals surface area (Å²) in [7, 11) is 0. The van der Waals surface area contributed by atoms with Crippen molar-refractivity contribution in [2.24, 2.45) is 10.9 Å². The first-order valence-corrected chi connectivity index (χ1v) is 8.00. The minimum absolute atomic E-state index is 0.0130. The summed E-state index contributed by atoms with van der Waals surface area (Å²) in [4.78, 5) is 15.1.